The van der Waals surface area contributed by atoms with E-state index in [-0.39, 0.29) is 5.91 Å². The Morgan fingerprint density at radius 1 is 1.15 bits per heavy atom. The zero-order chi connectivity index (χ0) is 18.2. The van der Waals surface area contributed by atoms with Crippen LogP contribution < -0.4 is 10.6 Å². The lowest BCUT2D eigenvalue weighted by Gasteiger charge is -2.05. The molecule has 0 aliphatic carbocycles. The van der Waals surface area contributed by atoms with Crippen LogP contribution in [0.4, 0.5) is 10.8 Å². The lowest BCUT2D eigenvalue weighted by Crippen LogP contribution is -2.10. The van der Waals surface area contributed by atoms with E-state index in [9.17, 15) is 4.79 Å². The number of amides is 1. The van der Waals surface area contributed by atoms with Gasteiger partial charge in [0.25, 0.3) is 0 Å². The van der Waals surface area contributed by atoms with E-state index in [0.29, 0.717) is 6.42 Å². The second-order valence-corrected chi connectivity index (χ2v) is 6.77. The van der Waals surface area contributed by atoms with Gasteiger partial charge in [-0.05, 0) is 30.7 Å². The number of pyridine rings is 1. The van der Waals surface area contributed by atoms with Crippen molar-refractivity contribution in [2.24, 2.45) is 0 Å². The fourth-order valence-electron chi connectivity index (χ4n) is 2.51. The van der Waals surface area contributed by atoms with Gasteiger partial charge in [0.1, 0.15) is 0 Å². The van der Waals surface area contributed by atoms with Crippen LogP contribution in [0.3, 0.4) is 0 Å². The zero-order valence-corrected chi connectivity index (χ0v) is 15.6. The molecular formula is C20H22N4OS. The second kappa shape index (κ2) is 9.10. The summed E-state index contributed by atoms with van der Waals surface area (Å²) >= 11 is 1.59. The van der Waals surface area contributed by atoms with Crippen molar-refractivity contribution in [2.75, 3.05) is 17.2 Å². The predicted octanol–water partition coefficient (Wildman–Crippen LogP) is 4.60. The van der Waals surface area contributed by atoms with Crippen molar-refractivity contribution in [2.45, 2.75) is 26.2 Å². The summed E-state index contributed by atoms with van der Waals surface area (Å²) in [5.41, 5.74) is 3.85. The van der Waals surface area contributed by atoms with Crippen LogP contribution in [0.1, 0.15) is 25.5 Å². The van der Waals surface area contributed by atoms with Gasteiger partial charge in [0.15, 0.2) is 5.13 Å². The van der Waals surface area contributed by atoms with Gasteiger partial charge < -0.3 is 10.6 Å². The van der Waals surface area contributed by atoms with Crippen molar-refractivity contribution >= 4 is 28.1 Å². The van der Waals surface area contributed by atoms with E-state index in [1.165, 1.54) is 0 Å². The maximum Gasteiger partial charge on any atom is 0.224 e. The highest BCUT2D eigenvalue weighted by Gasteiger charge is 2.06. The highest BCUT2D eigenvalue weighted by Crippen LogP contribution is 2.26. The molecule has 0 atom stereocenters. The summed E-state index contributed by atoms with van der Waals surface area (Å²) in [6.45, 7) is 2.79. The van der Waals surface area contributed by atoms with Crippen molar-refractivity contribution in [1.29, 1.82) is 0 Å². The van der Waals surface area contributed by atoms with Gasteiger partial charge in [-0.15, -0.1) is 11.3 Å². The topological polar surface area (TPSA) is 66.9 Å². The van der Waals surface area contributed by atoms with Gasteiger partial charge in [-0.3, -0.25) is 9.78 Å². The van der Waals surface area contributed by atoms with E-state index in [2.05, 4.69) is 20.6 Å². The Bertz CT molecular complexity index is 831. The number of hydrogen-bond acceptors (Lipinski definition) is 5. The molecule has 1 aromatic carbocycles. The number of anilines is 2. The molecule has 2 aromatic heterocycles. The van der Waals surface area contributed by atoms with Crippen LogP contribution in [0.25, 0.3) is 11.3 Å². The first-order valence-corrected chi connectivity index (χ1v) is 9.62. The lowest BCUT2D eigenvalue weighted by molar-refractivity contribution is -0.116. The molecule has 2 heterocycles. The Labute approximate surface area is 157 Å². The van der Waals surface area contributed by atoms with Crippen molar-refractivity contribution < 1.29 is 4.79 Å². The van der Waals surface area contributed by atoms with Gasteiger partial charge in [-0.1, -0.05) is 25.1 Å². The van der Waals surface area contributed by atoms with E-state index in [1.807, 2.05) is 61.0 Å². The summed E-state index contributed by atoms with van der Waals surface area (Å²) in [6, 6.07) is 13.7. The van der Waals surface area contributed by atoms with Crippen LogP contribution >= 0.6 is 11.3 Å². The van der Waals surface area contributed by atoms with E-state index < -0.39 is 0 Å². The SMILES string of the molecule is CCCC(=O)Nc1ccc(-c2csc(NCCc3ccccn3)n2)cc1. The first-order valence-electron chi connectivity index (χ1n) is 8.74. The van der Waals surface area contributed by atoms with Crippen molar-refractivity contribution in [3.8, 4) is 11.3 Å². The number of hydrogen-bond donors (Lipinski definition) is 2. The predicted molar refractivity (Wildman–Crippen MR) is 108 cm³/mol. The molecule has 134 valence electrons. The molecule has 5 nitrogen and oxygen atoms in total. The second-order valence-electron chi connectivity index (χ2n) is 5.91. The Balaban J connectivity index is 1.54. The van der Waals surface area contributed by atoms with Gasteiger partial charge in [0, 0.05) is 47.9 Å². The fourth-order valence-corrected chi connectivity index (χ4v) is 3.25. The average Bonchev–Trinajstić information content (AvgIpc) is 3.12. The standard InChI is InChI=1S/C20H22N4OS/c1-2-5-19(25)23-17-9-7-15(8-10-17)18-14-26-20(24-18)22-13-11-16-6-3-4-12-21-16/h3-4,6-10,12,14H,2,5,11,13H2,1H3,(H,22,24)(H,23,25). The summed E-state index contributed by atoms with van der Waals surface area (Å²) in [5.74, 6) is 0.0494. The van der Waals surface area contributed by atoms with E-state index >= 15 is 0 Å². The molecule has 0 aliphatic rings. The Hall–Kier alpha value is -2.73. The van der Waals surface area contributed by atoms with Gasteiger partial charge in [0.2, 0.25) is 5.91 Å². The third-order valence-electron chi connectivity index (χ3n) is 3.83. The smallest absolute Gasteiger partial charge is 0.224 e. The maximum atomic E-state index is 11.6. The lowest BCUT2D eigenvalue weighted by atomic mass is 10.1. The molecule has 3 aromatic rings. The molecule has 0 aliphatic heterocycles. The first-order chi connectivity index (χ1) is 12.7. The van der Waals surface area contributed by atoms with Crippen LogP contribution in [0.5, 0.6) is 0 Å². The summed E-state index contributed by atoms with van der Waals surface area (Å²) < 4.78 is 0. The molecule has 3 rings (SSSR count). The number of rotatable bonds is 8. The number of benzene rings is 1. The molecule has 0 bridgehead atoms. The first kappa shape index (κ1) is 18.1. The number of thiazole rings is 1. The minimum atomic E-state index is 0.0494. The minimum Gasteiger partial charge on any atom is -0.361 e. The molecule has 0 spiro atoms. The Morgan fingerprint density at radius 3 is 2.73 bits per heavy atom. The number of nitrogens with zero attached hydrogens (tertiary/aromatic N) is 2. The Morgan fingerprint density at radius 2 is 2.00 bits per heavy atom. The molecule has 0 saturated carbocycles. The van der Waals surface area contributed by atoms with Crippen molar-refractivity contribution in [1.82, 2.24) is 9.97 Å². The number of aromatic nitrogens is 2. The summed E-state index contributed by atoms with van der Waals surface area (Å²) in [5, 5.41) is 9.18. The monoisotopic (exact) mass is 366 g/mol. The van der Waals surface area contributed by atoms with E-state index in [0.717, 1.165) is 47.2 Å². The third kappa shape index (κ3) is 5.13. The summed E-state index contributed by atoms with van der Waals surface area (Å²) in [4.78, 5) is 20.6. The van der Waals surface area contributed by atoms with Crippen LogP contribution in [0, 0.1) is 0 Å². The third-order valence-corrected chi connectivity index (χ3v) is 4.63. The van der Waals surface area contributed by atoms with E-state index in [1.54, 1.807) is 11.3 Å². The molecule has 0 fully saturated rings. The number of nitrogens with one attached hydrogen (secondary N) is 2. The van der Waals surface area contributed by atoms with Gasteiger partial charge in [-0.2, -0.15) is 0 Å². The molecule has 1 amide bonds. The van der Waals surface area contributed by atoms with Crippen LogP contribution in [0.2, 0.25) is 0 Å². The van der Waals surface area contributed by atoms with Crippen LogP contribution in [-0.4, -0.2) is 22.4 Å². The van der Waals surface area contributed by atoms with E-state index in [4.69, 9.17) is 0 Å². The summed E-state index contributed by atoms with van der Waals surface area (Å²) in [6.07, 6.45) is 4.06. The molecule has 0 saturated heterocycles. The number of carbonyl (C=O) groups is 1. The van der Waals surface area contributed by atoms with Crippen molar-refractivity contribution in [3.05, 3.63) is 59.7 Å². The maximum absolute atomic E-state index is 11.6. The summed E-state index contributed by atoms with van der Waals surface area (Å²) in [7, 11) is 0. The normalized spacial score (nSPS) is 10.5. The van der Waals surface area contributed by atoms with Crippen LogP contribution in [-0.2, 0) is 11.2 Å². The Kier molecular flexibility index (Phi) is 6.33. The molecular weight excluding hydrogens is 344 g/mol. The van der Waals surface area contributed by atoms with Gasteiger partial charge in [-0.25, -0.2) is 4.98 Å². The number of carbonyl (C=O) groups excluding carboxylic acids is 1. The van der Waals surface area contributed by atoms with Crippen LogP contribution in [0.15, 0.2) is 54.0 Å². The van der Waals surface area contributed by atoms with Crippen molar-refractivity contribution in [3.63, 3.8) is 0 Å². The molecule has 6 heteroatoms. The average molecular weight is 366 g/mol. The zero-order valence-electron chi connectivity index (χ0n) is 14.7. The molecule has 2 N–H and O–H groups in total. The minimum absolute atomic E-state index is 0.0494. The molecule has 0 radical (unpaired) electrons. The fraction of sp³-hybridized carbons (Fsp3) is 0.250. The van der Waals surface area contributed by atoms with Gasteiger partial charge in [0.05, 0.1) is 5.69 Å². The molecule has 26 heavy (non-hydrogen) atoms. The quantitative estimate of drug-likeness (QED) is 0.611. The highest BCUT2D eigenvalue weighted by atomic mass is 32.1. The van der Waals surface area contributed by atoms with Gasteiger partial charge >= 0.3 is 0 Å². The largest absolute Gasteiger partial charge is 0.361 e. The highest BCUT2D eigenvalue weighted by molar-refractivity contribution is 7.14. The molecule has 0 unspecified atom stereocenters.